The summed E-state index contributed by atoms with van der Waals surface area (Å²) in [6.45, 7) is 2.12. The van der Waals surface area contributed by atoms with E-state index in [9.17, 15) is 0 Å². The average molecular weight is 256 g/mol. The second-order valence-electron chi connectivity index (χ2n) is 4.92. The zero-order chi connectivity index (χ0) is 13.8. The van der Waals surface area contributed by atoms with Crippen molar-refractivity contribution in [2.75, 3.05) is 26.1 Å². The quantitative estimate of drug-likeness (QED) is 0.609. The third-order valence-electron chi connectivity index (χ3n) is 3.25. The lowest BCUT2D eigenvalue weighted by molar-refractivity contribution is 0.215. The number of anilines is 1. The summed E-state index contributed by atoms with van der Waals surface area (Å²) in [6, 6.07) is 6.43. The van der Waals surface area contributed by atoms with Crippen LogP contribution in [0.25, 0.3) is 0 Å². The number of nitrogens with zero attached hydrogens (tertiary/aromatic N) is 2. The maximum atomic E-state index is 4.81. The van der Waals surface area contributed by atoms with Crippen LogP contribution in [-0.2, 0) is 4.84 Å². The Labute approximate surface area is 114 Å². The summed E-state index contributed by atoms with van der Waals surface area (Å²) in [5, 5.41) is 3.91. The molecule has 0 aromatic heterocycles. The molecule has 0 saturated carbocycles. The van der Waals surface area contributed by atoms with Gasteiger partial charge in [-0.2, -0.15) is 0 Å². The summed E-state index contributed by atoms with van der Waals surface area (Å²) in [7, 11) is 5.63. The van der Waals surface area contributed by atoms with Gasteiger partial charge in [0.1, 0.15) is 7.11 Å². The second kappa shape index (κ2) is 5.74. The second-order valence-corrected chi connectivity index (χ2v) is 4.92. The van der Waals surface area contributed by atoms with Gasteiger partial charge in [-0.15, -0.1) is 0 Å². The van der Waals surface area contributed by atoms with Crippen molar-refractivity contribution in [3.63, 3.8) is 0 Å². The maximum Gasteiger partial charge on any atom is 0.106 e. The Morgan fingerprint density at radius 1 is 1.32 bits per heavy atom. The van der Waals surface area contributed by atoms with Crippen molar-refractivity contribution in [1.29, 1.82) is 0 Å². The van der Waals surface area contributed by atoms with Gasteiger partial charge >= 0.3 is 0 Å². The van der Waals surface area contributed by atoms with Gasteiger partial charge in [-0.3, -0.25) is 0 Å². The Bertz CT molecular complexity index is 542. The molecule has 3 heteroatoms. The van der Waals surface area contributed by atoms with Gasteiger partial charge in [0.15, 0.2) is 0 Å². The van der Waals surface area contributed by atoms with Crippen LogP contribution in [0.2, 0.25) is 0 Å². The molecule has 1 aromatic carbocycles. The van der Waals surface area contributed by atoms with Crippen molar-refractivity contribution in [1.82, 2.24) is 0 Å². The van der Waals surface area contributed by atoms with Crippen molar-refractivity contribution in [2.45, 2.75) is 12.8 Å². The number of hydrogen-bond donors (Lipinski definition) is 0. The third-order valence-corrected chi connectivity index (χ3v) is 3.25. The van der Waals surface area contributed by atoms with Gasteiger partial charge in [0.05, 0.1) is 6.21 Å². The van der Waals surface area contributed by atoms with Crippen LogP contribution in [-0.4, -0.2) is 27.4 Å². The highest BCUT2D eigenvalue weighted by Crippen LogP contribution is 2.30. The van der Waals surface area contributed by atoms with Gasteiger partial charge in [0.2, 0.25) is 0 Å². The first-order valence-electron chi connectivity index (χ1n) is 6.36. The molecule has 1 aliphatic carbocycles. The molecule has 0 fully saturated rings. The topological polar surface area (TPSA) is 24.8 Å². The normalized spacial score (nSPS) is 17.9. The molecule has 0 N–H and O–H groups in total. The van der Waals surface area contributed by atoms with Gasteiger partial charge < -0.3 is 9.74 Å². The average Bonchev–Trinajstić information content (AvgIpc) is 2.82. The van der Waals surface area contributed by atoms with Gasteiger partial charge in [-0.05, 0) is 24.6 Å². The van der Waals surface area contributed by atoms with E-state index >= 15 is 0 Å². The summed E-state index contributed by atoms with van der Waals surface area (Å²) in [5.41, 5.74) is 4.80. The lowest BCUT2D eigenvalue weighted by Crippen LogP contribution is -2.10. The summed E-state index contributed by atoms with van der Waals surface area (Å²) in [4.78, 5) is 6.89. The molecular weight excluding hydrogens is 236 g/mol. The first-order chi connectivity index (χ1) is 9.11. The van der Waals surface area contributed by atoms with Crippen molar-refractivity contribution in [2.24, 2.45) is 5.16 Å². The van der Waals surface area contributed by atoms with Crippen molar-refractivity contribution in [3.8, 4) is 0 Å². The van der Waals surface area contributed by atoms with Crippen LogP contribution in [0.5, 0.6) is 0 Å². The van der Waals surface area contributed by atoms with Crippen LogP contribution in [0, 0.1) is 0 Å². The van der Waals surface area contributed by atoms with Crippen LogP contribution in [0.1, 0.15) is 24.0 Å². The molecule has 1 unspecified atom stereocenters. The predicted octanol–water partition coefficient (Wildman–Crippen LogP) is 3.33. The summed E-state index contributed by atoms with van der Waals surface area (Å²) >= 11 is 0. The smallest absolute Gasteiger partial charge is 0.106 e. The fourth-order valence-electron chi connectivity index (χ4n) is 2.21. The number of rotatable bonds is 4. The van der Waals surface area contributed by atoms with E-state index in [-0.39, 0.29) is 0 Å². The van der Waals surface area contributed by atoms with Gasteiger partial charge in [-0.25, -0.2) is 0 Å². The van der Waals surface area contributed by atoms with E-state index in [1.54, 1.807) is 13.3 Å². The molecule has 0 bridgehead atoms. The van der Waals surface area contributed by atoms with Gasteiger partial charge in [0.25, 0.3) is 0 Å². The zero-order valence-corrected chi connectivity index (χ0v) is 11.9. The van der Waals surface area contributed by atoms with Crippen LogP contribution in [0.3, 0.4) is 0 Å². The van der Waals surface area contributed by atoms with Crippen LogP contribution >= 0.6 is 0 Å². The van der Waals surface area contributed by atoms with Crippen LogP contribution in [0.15, 0.2) is 47.2 Å². The molecule has 100 valence electrons. The minimum atomic E-state index is 0.328. The van der Waals surface area contributed by atoms with Crippen molar-refractivity contribution < 1.29 is 4.84 Å². The number of oxime groups is 1. The molecule has 0 amide bonds. The van der Waals surface area contributed by atoms with E-state index in [0.717, 1.165) is 11.3 Å². The lowest BCUT2D eigenvalue weighted by Gasteiger charge is -2.16. The SMILES string of the molecule is CON=Cc1cc(N(C)C)ccc1C1C=CC(C)=C1. The van der Waals surface area contributed by atoms with Crippen molar-refractivity contribution in [3.05, 3.63) is 53.1 Å². The molecule has 1 aromatic rings. The fourth-order valence-corrected chi connectivity index (χ4v) is 2.21. The Kier molecular flexibility index (Phi) is 4.05. The van der Waals surface area contributed by atoms with Crippen LogP contribution in [0.4, 0.5) is 5.69 Å². The molecule has 1 atom stereocenters. The zero-order valence-electron chi connectivity index (χ0n) is 11.9. The lowest BCUT2D eigenvalue weighted by atomic mass is 9.95. The Morgan fingerprint density at radius 3 is 2.68 bits per heavy atom. The van der Waals surface area contributed by atoms with E-state index in [1.807, 2.05) is 14.1 Å². The number of hydrogen-bond acceptors (Lipinski definition) is 3. The molecule has 2 rings (SSSR count). The molecule has 0 radical (unpaired) electrons. The monoisotopic (exact) mass is 256 g/mol. The standard InChI is InChI=1S/C16H20N2O/c1-12-5-6-13(9-12)16-8-7-15(18(2)3)10-14(16)11-17-19-4/h5-11,13H,1-4H3. The molecular formula is C16H20N2O. The van der Waals surface area contributed by atoms with Crippen LogP contribution < -0.4 is 4.90 Å². The van der Waals surface area contributed by atoms with E-state index in [1.165, 1.54) is 11.1 Å². The number of benzene rings is 1. The molecule has 1 aliphatic rings. The van der Waals surface area contributed by atoms with E-state index in [2.05, 4.69) is 53.4 Å². The minimum absolute atomic E-state index is 0.328. The first kappa shape index (κ1) is 13.4. The summed E-state index contributed by atoms with van der Waals surface area (Å²) < 4.78 is 0. The molecule has 0 aliphatic heterocycles. The van der Waals surface area contributed by atoms with E-state index in [0.29, 0.717) is 5.92 Å². The largest absolute Gasteiger partial charge is 0.399 e. The Hall–Kier alpha value is -2.03. The maximum absolute atomic E-state index is 4.81. The molecule has 3 nitrogen and oxygen atoms in total. The first-order valence-corrected chi connectivity index (χ1v) is 6.36. The summed E-state index contributed by atoms with van der Waals surface area (Å²) in [6.07, 6.45) is 8.40. The van der Waals surface area contributed by atoms with Crippen molar-refractivity contribution >= 4 is 11.9 Å². The summed E-state index contributed by atoms with van der Waals surface area (Å²) in [5.74, 6) is 0.328. The highest BCUT2D eigenvalue weighted by Gasteiger charge is 2.14. The molecule has 19 heavy (non-hydrogen) atoms. The minimum Gasteiger partial charge on any atom is -0.399 e. The molecule has 0 spiro atoms. The highest BCUT2D eigenvalue weighted by molar-refractivity contribution is 5.84. The Morgan fingerprint density at radius 2 is 2.11 bits per heavy atom. The van der Waals surface area contributed by atoms with Gasteiger partial charge in [0, 0.05) is 31.3 Å². The van der Waals surface area contributed by atoms with Gasteiger partial charge in [-0.1, -0.05) is 35.0 Å². The fraction of sp³-hybridized carbons (Fsp3) is 0.312. The number of allylic oxidation sites excluding steroid dienone is 4. The van der Waals surface area contributed by atoms with E-state index in [4.69, 9.17) is 4.84 Å². The molecule has 0 heterocycles. The predicted molar refractivity (Wildman–Crippen MR) is 81.0 cm³/mol. The highest BCUT2D eigenvalue weighted by atomic mass is 16.6. The van der Waals surface area contributed by atoms with E-state index < -0.39 is 0 Å². The Balaban J connectivity index is 2.42. The molecule has 0 saturated heterocycles. The third kappa shape index (κ3) is 3.05.